The van der Waals surface area contributed by atoms with E-state index in [0.717, 1.165) is 45.2 Å². The Kier molecular flexibility index (Phi) is 10.3. The first kappa shape index (κ1) is 29.3. The maximum absolute atomic E-state index is 13.4. The number of amides is 1. The van der Waals surface area contributed by atoms with Gasteiger partial charge in [0.1, 0.15) is 12.2 Å². The molecule has 40 heavy (non-hydrogen) atoms. The van der Waals surface area contributed by atoms with E-state index in [4.69, 9.17) is 19.6 Å². The first-order chi connectivity index (χ1) is 19.5. The Labute approximate surface area is 236 Å². The standard InChI is InChI=1S/C32H37N4O4/c1-5-34-27-19-29-25(17-21(27)3)31(26-18-22(4)28(35-6-2)20-30(26)40-29)23-9-7-8-10-24(23)32(37)36-12-14-39-16-15-38-13-11-33/h7-10,17-20,33H,5-6,11-16H2,1-4H3/q+2/p+1. The van der Waals surface area contributed by atoms with E-state index >= 15 is 0 Å². The summed E-state index contributed by atoms with van der Waals surface area (Å²) in [6.07, 6.45) is 15.9. The Morgan fingerprint density at radius 1 is 1.02 bits per heavy atom. The summed E-state index contributed by atoms with van der Waals surface area (Å²) in [5.41, 5.74) is 15.8. The summed E-state index contributed by atoms with van der Waals surface area (Å²) in [4.78, 5) is 22.7. The van der Waals surface area contributed by atoms with Crippen molar-refractivity contribution >= 4 is 41.6 Å². The van der Waals surface area contributed by atoms with Crippen LogP contribution in [0.1, 0.15) is 44.4 Å². The highest BCUT2D eigenvalue weighted by atomic mass is 16.5. The van der Waals surface area contributed by atoms with Gasteiger partial charge >= 0.3 is 5.91 Å². The molecule has 1 aromatic heterocycles. The van der Waals surface area contributed by atoms with Crippen molar-refractivity contribution < 1.29 is 18.7 Å². The predicted molar refractivity (Wildman–Crippen MR) is 161 cm³/mol. The number of fused-ring (bicyclic) bond motifs is 2. The molecule has 8 nitrogen and oxygen atoms in total. The van der Waals surface area contributed by atoms with Crippen LogP contribution >= 0.6 is 0 Å². The van der Waals surface area contributed by atoms with Gasteiger partial charge in [0.2, 0.25) is 22.5 Å². The Hall–Kier alpha value is -3.72. The second-order valence-electron chi connectivity index (χ2n) is 9.47. The molecular formula is C32H38N4O4+3. The van der Waals surface area contributed by atoms with E-state index in [-0.39, 0.29) is 12.5 Å². The van der Waals surface area contributed by atoms with Crippen LogP contribution in [0.2, 0.25) is 0 Å². The van der Waals surface area contributed by atoms with Gasteiger partial charge in [-0.3, -0.25) is 20.5 Å². The minimum Gasteiger partial charge on any atom is -0.411 e. The van der Waals surface area contributed by atoms with Gasteiger partial charge in [0.25, 0.3) is 5.42 Å². The fourth-order valence-electron chi connectivity index (χ4n) is 4.77. The summed E-state index contributed by atoms with van der Waals surface area (Å²) < 4.78 is 17.3. The Balaban J connectivity index is 1.70. The monoisotopic (exact) mass is 542 g/mol. The molecule has 1 amide bonds. The van der Waals surface area contributed by atoms with Gasteiger partial charge in [-0.25, -0.2) is 0 Å². The molecular weight excluding hydrogens is 504 g/mol. The lowest BCUT2D eigenvalue weighted by Gasteiger charge is -2.13. The maximum atomic E-state index is 13.4. The van der Waals surface area contributed by atoms with Crippen LogP contribution in [0.25, 0.3) is 24.3 Å². The summed E-state index contributed by atoms with van der Waals surface area (Å²) in [5, 5.41) is 2.99. The van der Waals surface area contributed by atoms with Gasteiger partial charge in [0.05, 0.1) is 55.9 Å². The number of carbonyl (C=O) groups excluding carboxylic acids is 1. The number of rotatable bonds is 12. The van der Waals surface area contributed by atoms with E-state index in [0.29, 0.717) is 62.5 Å². The van der Waals surface area contributed by atoms with E-state index in [9.17, 15) is 4.79 Å². The summed E-state index contributed by atoms with van der Waals surface area (Å²) in [5.74, 6) is 0.657. The molecule has 0 saturated heterocycles. The van der Waals surface area contributed by atoms with Crippen molar-refractivity contribution in [3.8, 4) is 0 Å². The van der Waals surface area contributed by atoms with Crippen molar-refractivity contribution in [3.63, 3.8) is 0 Å². The Bertz CT molecular complexity index is 1360. The molecule has 0 atom stereocenters. The molecule has 4 rings (SSSR count). The van der Waals surface area contributed by atoms with Crippen molar-refractivity contribution in [2.45, 2.75) is 27.7 Å². The predicted octanol–water partition coefficient (Wildman–Crippen LogP) is 2.93. The molecule has 0 spiro atoms. The summed E-state index contributed by atoms with van der Waals surface area (Å²) >= 11 is 0. The summed E-state index contributed by atoms with van der Waals surface area (Å²) in [7, 11) is 0. The minimum atomic E-state index is -0.171. The second-order valence-corrected chi connectivity index (χ2v) is 9.47. The number of hydrogen-bond donors (Lipinski definition) is 1. The molecule has 0 aromatic carbocycles. The van der Waals surface area contributed by atoms with E-state index in [1.807, 2.05) is 64.5 Å². The highest BCUT2D eigenvalue weighted by Crippen LogP contribution is 2.34. The Morgan fingerprint density at radius 3 is 2.48 bits per heavy atom. The molecule has 1 heterocycles. The average Bonchev–Trinajstić information content (AvgIpc) is 2.95. The minimum absolute atomic E-state index is 0.171. The highest BCUT2D eigenvalue weighted by molar-refractivity contribution is 6.25. The number of allylic oxidation sites excluding steroid dienone is 5. The summed E-state index contributed by atoms with van der Waals surface area (Å²) in [6.45, 7) is 11.7. The number of hydrogen-bond acceptors (Lipinski definition) is 6. The van der Waals surface area contributed by atoms with Gasteiger partial charge in [-0.05, 0) is 26.3 Å². The van der Waals surface area contributed by atoms with Crippen LogP contribution in [0, 0.1) is 12.3 Å². The first-order valence-electron chi connectivity index (χ1n) is 13.9. The first-order valence-corrected chi connectivity index (χ1v) is 13.9. The van der Waals surface area contributed by atoms with E-state index in [1.165, 1.54) is 0 Å². The van der Waals surface area contributed by atoms with Gasteiger partial charge < -0.3 is 19.2 Å². The van der Waals surface area contributed by atoms with Crippen LogP contribution in [0.5, 0.6) is 0 Å². The molecule has 1 radical (unpaired) electrons. The smallest absolute Gasteiger partial charge is 0.325 e. The number of ether oxygens (including phenoxy) is 2. The molecule has 0 bridgehead atoms. The third kappa shape index (κ3) is 6.70. The highest BCUT2D eigenvalue weighted by Gasteiger charge is 2.45. The van der Waals surface area contributed by atoms with Gasteiger partial charge in [0, 0.05) is 51.7 Å². The largest absolute Gasteiger partial charge is 0.411 e. The molecule has 8 heteroatoms. The fourth-order valence-corrected chi connectivity index (χ4v) is 4.77. The van der Waals surface area contributed by atoms with Crippen LogP contribution in [0.4, 0.5) is 0 Å². The van der Waals surface area contributed by atoms with Crippen molar-refractivity contribution in [2.24, 2.45) is 9.98 Å². The summed E-state index contributed by atoms with van der Waals surface area (Å²) in [6, 6.07) is 0. The van der Waals surface area contributed by atoms with Gasteiger partial charge in [-0.15, -0.1) is 0 Å². The Morgan fingerprint density at radius 2 is 1.75 bits per heavy atom. The van der Waals surface area contributed by atoms with Gasteiger partial charge in [0.15, 0.2) is 16.8 Å². The molecule has 0 saturated carbocycles. The lowest BCUT2D eigenvalue weighted by molar-refractivity contribution is -0.117. The molecule has 207 valence electrons. The van der Waals surface area contributed by atoms with Crippen LogP contribution in [0.15, 0.2) is 49.3 Å². The number of nitrogens with zero attached hydrogens (tertiary/aromatic N) is 2. The van der Waals surface area contributed by atoms with Gasteiger partial charge in [-0.2, -0.15) is 0 Å². The van der Waals surface area contributed by atoms with Crippen LogP contribution in [-0.2, 0) is 14.3 Å². The molecule has 1 aromatic rings. The zero-order chi connectivity index (χ0) is 28.5. The van der Waals surface area contributed by atoms with Crippen LogP contribution < -0.4 is 21.9 Å². The zero-order valence-corrected chi connectivity index (χ0v) is 23.8. The number of nitrogens with one attached hydrogen (secondary N) is 2. The third-order valence-electron chi connectivity index (χ3n) is 6.60. The molecule has 0 fully saturated rings. The molecule has 0 unspecified atom stereocenters. The average molecular weight is 543 g/mol. The van der Waals surface area contributed by atoms with Crippen molar-refractivity contribution in [3.05, 3.63) is 74.8 Å². The zero-order valence-electron chi connectivity index (χ0n) is 23.8. The molecule has 0 aliphatic heterocycles. The van der Waals surface area contributed by atoms with Gasteiger partial charge in [-0.1, -0.05) is 0 Å². The molecule has 3 aliphatic carbocycles. The van der Waals surface area contributed by atoms with Crippen molar-refractivity contribution in [2.75, 3.05) is 52.6 Å². The lowest BCUT2D eigenvalue weighted by atomic mass is 9.79. The van der Waals surface area contributed by atoms with E-state index < -0.39 is 0 Å². The second kappa shape index (κ2) is 14.1. The quantitative estimate of drug-likeness (QED) is 0.324. The van der Waals surface area contributed by atoms with Crippen LogP contribution in [0.3, 0.4) is 0 Å². The fraction of sp³-hybridized carbons (Fsp3) is 0.375. The topological polar surface area (TPSA) is 109 Å². The normalized spacial score (nSPS) is 17.7. The lowest BCUT2D eigenvalue weighted by Crippen LogP contribution is -2.34. The van der Waals surface area contributed by atoms with Crippen molar-refractivity contribution in [1.29, 1.82) is 0 Å². The maximum Gasteiger partial charge on any atom is 0.325 e. The van der Waals surface area contributed by atoms with Crippen LogP contribution in [-0.4, -0.2) is 69.9 Å². The third-order valence-corrected chi connectivity index (χ3v) is 6.60. The molecule has 2 N–H and O–H groups in total. The van der Waals surface area contributed by atoms with E-state index in [1.54, 1.807) is 0 Å². The van der Waals surface area contributed by atoms with Crippen molar-refractivity contribution in [1.82, 2.24) is 11.1 Å². The number of aliphatic imine (C=N–C) groups is 2. The molecule has 3 aliphatic rings. The van der Waals surface area contributed by atoms with E-state index in [2.05, 4.69) is 27.5 Å². The SMILES string of the molecule is CCN=C1C=c2oc3[c+](c([C+]4C=C[CH+]C=C4C(=O)NCCOCCOCC[NH])c2C=C1C)C=C(C)C(=NCC)C=3. The number of carbonyl (C=O) groups is 1.